The average molecular weight is 342 g/mol. The normalized spacial score (nSPS) is 19.7. The SMILES string of the molecule is CCS(=O)(=O)N1CCc2c(c(C(=O)N3CCOCC3)nn2C)C1. The van der Waals surface area contributed by atoms with Gasteiger partial charge in [0.15, 0.2) is 5.69 Å². The number of morpholine rings is 1. The molecule has 0 spiro atoms. The molecule has 1 amide bonds. The van der Waals surface area contributed by atoms with Crippen molar-refractivity contribution in [3.05, 3.63) is 17.0 Å². The molecule has 1 aromatic rings. The van der Waals surface area contributed by atoms with E-state index in [1.54, 1.807) is 23.6 Å². The van der Waals surface area contributed by atoms with E-state index in [0.29, 0.717) is 45.0 Å². The first-order valence-corrected chi connectivity index (χ1v) is 9.44. The van der Waals surface area contributed by atoms with Crippen LogP contribution >= 0.6 is 0 Å². The zero-order valence-electron chi connectivity index (χ0n) is 13.5. The molecule has 0 aromatic carbocycles. The van der Waals surface area contributed by atoms with E-state index in [0.717, 1.165) is 11.3 Å². The summed E-state index contributed by atoms with van der Waals surface area (Å²) < 4.78 is 32.7. The highest BCUT2D eigenvalue weighted by molar-refractivity contribution is 7.89. The van der Waals surface area contributed by atoms with E-state index in [1.165, 1.54) is 4.31 Å². The van der Waals surface area contributed by atoms with Crippen LogP contribution in [0.3, 0.4) is 0 Å². The lowest BCUT2D eigenvalue weighted by molar-refractivity contribution is 0.0297. The van der Waals surface area contributed by atoms with Crippen molar-refractivity contribution in [2.45, 2.75) is 19.9 Å². The predicted molar refractivity (Wildman–Crippen MR) is 83.5 cm³/mol. The lowest BCUT2D eigenvalue weighted by Gasteiger charge is -2.28. The molecule has 0 unspecified atom stereocenters. The van der Waals surface area contributed by atoms with Crippen molar-refractivity contribution < 1.29 is 17.9 Å². The summed E-state index contributed by atoms with van der Waals surface area (Å²) in [4.78, 5) is 14.5. The molecular weight excluding hydrogens is 320 g/mol. The summed E-state index contributed by atoms with van der Waals surface area (Å²) in [5, 5.41) is 4.37. The Morgan fingerprint density at radius 1 is 1.26 bits per heavy atom. The van der Waals surface area contributed by atoms with Gasteiger partial charge in [0.25, 0.3) is 5.91 Å². The quantitative estimate of drug-likeness (QED) is 0.746. The van der Waals surface area contributed by atoms with E-state index in [-0.39, 0.29) is 18.2 Å². The van der Waals surface area contributed by atoms with Gasteiger partial charge in [-0.1, -0.05) is 0 Å². The molecule has 23 heavy (non-hydrogen) atoms. The van der Waals surface area contributed by atoms with Crippen LogP contribution in [-0.2, 0) is 34.8 Å². The maximum absolute atomic E-state index is 12.7. The van der Waals surface area contributed by atoms with Gasteiger partial charge < -0.3 is 9.64 Å². The van der Waals surface area contributed by atoms with Gasteiger partial charge in [-0.3, -0.25) is 9.48 Å². The van der Waals surface area contributed by atoms with Crippen LogP contribution in [0.5, 0.6) is 0 Å². The van der Waals surface area contributed by atoms with E-state index in [2.05, 4.69) is 5.10 Å². The van der Waals surface area contributed by atoms with Crippen molar-refractivity contribution in [1.29, 1.82) is 0 Å². The summed E-state index contributed by atoms with van der Waals surface area (Å²) in [6, 6.07) is 0. The van der Waals surface area contributed by atoms with Gasteiger partial charge in [-0.15, -0.1) is 0 Å². The molecule has 0 atom stereocenters. The molecule has 0 saturated carbocycles. The summed E-state index contributed by atoms with van der Waals surface area (Å²) in [6.45, 7) is 4.43. The first-order chi connectivity index (χ1) is 10.9. The van der Waals surface area contributed by atoms with Crippen LogP contribution in [0.25, 0.3) is 0 Å². The first-order valence-electron chi connectivity index (χ1n) is 7.83. The summed E-state index contributed by atoms with van der Waals surface area (Å²) in [6.07, 6.45) is 0.578. The number of rotatable bonds is 3. The summed E-state index contributed by atoms with van der Waals surface area (Å²) >= 11 is 0. The Hall–Kier alpha value is -1.45. The molecule has 3 heterocycles. The number of carbonyl (C=O) groups excluding carboxylic acids is 1. The monoisotopic (exact) mass is 342 g/mol. The van der Waals surface area contributed by atoms with Crippen molar-refractivity contribution in [2.24, 2.45) is 7.05 Å². The fourth-order valence-corrected chi connectivity index (χ4v) is 4.14. The lowest BCUT2D eigenvalue weighted by Crippen LogP contribution is -2.42. The second kappa shape index (κ2) is 6.21. The van der Waals surface area contributed by atoms with Crippen LogP contribution in [0.1, 0.15) is 28.7 Å². The third-order valence-electron chi connectivity index (χ3n) is 4.47. The number of sulfonamides is 1. The molecule has 3 rings (SSSR count). The number of aryl methyl sites for hydroxylation is 1. The highest BCUT2D eigenvalue weighted by Crippen LogP contribution is 2.25. The second-order valence-corrected chi connectivity index (χ2v) is 8.04. The van der Waals surface area contributed by atoms with Gasteiger partial charge in [0, 0.05) is 50.9 Å². The fraction of sp³-hybridized carbons (Fsp3) is 0.714. The van der Waals surface area contributed by atoms with E-state index >= 15 is 0 Å². The van der Waals surface area contributed by atoms with Crippen LogP contribution in [0.2, 0.25) is 0 Å². The number of amides is 1. The summed E-state index contributed by atoms with van der Waals surface area (Å²) in [5.74, 6) is -0.0732. The maximum atomic E-state index is 12.7. The Kier molecular flexibility index (Phi) is 4.43. The standard InChI is InChI=1S/C14H22N4O4S/c1-3-23(20,21)18-5-4-12-11(10-18)13(15-16(12)2)14(19)17-6-8-22-9-7-17/h3-10H2,1-2H3. The van der Waals surface area contributed by atoms with Gasteiger partial charge in [0.1, 0.15) is 0 Å². The summed E-state index contributed by atoms with van der Waals surface area (Å²) in [7, 11) is -1.47. The Labute approximate surface area is 136 Å². The van der Waals surface area contributed by atoms with Gasteiger partial charge >= 0.3 is 0 Å². The molecule has 8 nitrogen and oxygen atoms in total. The molecule has 0 bridgehead atoms. The third-order valence-corrected chi connectivity index (χ3v) is 6.29. The zero-order chi connectivity index (χ0) is 16.6. The minimum atomic E-state index is -3.27. The molecule has 0 N–H and O–H groups in total. The van der Waals surface area contributed by atoms with Crippen molar-refractivity contribution in [3.8, 4) is 0 Å². The number of hydrogen-bond donors (Lipinski definition) is 0. The molecule has 0 radical (unpaired) electrons. The van der Waals surface area contributed by atoms with Gasteiger partial charge in [0.2, 0.25) is 10.0 Å². The molecular formula is C14H22N4O4S. The molecule has 1 saturated heterocycles. The molecule has 1 aromatic heterocycles. The number of nitrogens with zero attached hydrogens (tertiary/aromatic N) is 4. The minimum Gasteiger partial charge on any atom is -0.378 e. The Morgan fingerprint density at radius 2 is 1.96 bits per heavy atom. The molecule has 2 aliphatic rings. The second-order valence-electron chi connectivity index (χ2n) is 5.79. The maximum Gasteiger partial charge on any atom is 0.274 e. The van der Waals surface area contributed by atoms with Crippen molar-refractivity contribution in [2.75, 3.05) is 38.6 Å². The lowest BCUT2D eigenvalue weighted by atomic mass is 10.1. The van der Waals surface area contributed by atoms with Crippen molar-refractivity contribution in [1.82, 2.24) is 19.0 Å². The minimum absolute atomic E-state index is 0.0648. The van der Waals surface area contributed by atoms with Crippen LogP contribution in [-0.4, -0.2) is 71.9 Å². The van der Waals surface area contributed by atoms with Gasteiger partial charge in [-0.25, -0.2) is 8.42 Å². The molecule has 1 fully saturated rings. The number of hydrogen-bond acceptors (Lipinski definition) is 5. The Morgan fingerprint density at radius 3 is 2.61 bits per heavy atom. The highest BCUT2D eigenvalue weighted by atomic mass is 32.2. The van der Waals surface area contributed by atoms with Gasteiger partial charge in [-0.05, 0) is 6.92 Å². The molecule has 0 aliphatic carbocycles. The fourth-order valence-electron chi connectivity index (χ4n) is 3.08. The highest BCUT2D eigenvalue weighted by Gasteiger charge is 2.33. The van der Waals surface area contributed by atoms with Crippen LogP contribution in [0.4, 0.5) is 0 Å². The van der Waals surface area contributed by atoms with Gasteiger partial charge in [-0.2, -0.15) is 9.40 Å². The van der Waals surface area contributed by atoms with Crippen molar-refractivity contribution >= 4 is 15.9 Å². The number of aromatic nitrogens is 2. The van der Waals surface area contributed by atoms with Gasteiger partial charge in [0.05, 0.1) is 19.0 Å². The number of carbonyl (C=O) groups is 1. The van der Waals surface area contributed by atoms with E-state index in [9.17, 15) is 13.2 Å². The average Bonchev–Trinajstić information content (AvgIpc) is 2.91. The van der Waals surface area contributed by atoms with E-state index < -0.39 is 10.0 Å². The van der Waals surface area contributed by atoms with E-state index in [4.69, 9.17) is 4.74 Å². The number of ether oxygens (including phenoxy) is 1. The number of fused-ring (bicyclic) bond motifs is 1. The summed E-state index contributed by atoms with van der Waals surface area (Å²) in [5.41, 5.74) is 2.07. The van der Waals surface area contributed by atoms with Crippen LogP contribution < -0.4 is 0 Å². The van der Waals surface area contributed by atoms with E-state index in [1.807, 2.05) is 0 Å². The zero-order valence-corrected chi connectivity index (χ0v) is 14.3. The molecule has 128 valence electrons. The topological polar surface area (TPSA) is 84.7 Å². The Bertz CT molecular complexity index is 707. The van der Waals surface area contributed by atoms with Crippen LogP contribution in [0, 0.1) is 0 Å². The first kappa shape index (κ1) is 16.4. The Balaban J connectivity index is 1.91. The molecule has 2 aliphatic heterocycles. The van der Waals surface area contributed by atoms with Crippen molar-refractivity contribution in [3.63, 3.8) is 0 Å². The largest absolute Gasteiger partial charge is 0.378 e. The molecule has 9 heteroatoms. The van der Waals surface area contributed by atoms with Crippen LogP contribution in [0.15, 0.2) is 0 Å². The predicted octanol–water partition coefficient (Wildman–Crippen LogP) is -0.400. The third kappa shape index (κ3) is 3.00. The smallest absolute Gasteiger partial charge is 0.274 e.